The predicted molar refractivity (Wildman–Crippen MR) is 76.8 cm³/mol. The van der Waals surface area contributed by atoms with Crippen LogP contribution < -0.4 is 15.4 Å². The highest BCUT2D eigenvalue weighted by molar-refractivity contribution is 5.82. The van der Waals surface area contributed by atoms with Crippen molar-refractivity contribution in [2.75, 3.05) is 20.8 Å². The maximum atomic E-state index is 12.2. The third-order valence-corrected chi connectivity index (χ3v) is 3.71. The third-order valence-electron chi connectivity index (χ3n) is 3.71. The number of rotatable bonds is 5. The number of nitrogens with one attached hydrogen (secondary N) is 2. The highest BCUT2D eigenvalue weighted by atomic mass is 16.5. The molecule has 1 heterocycles. The van der Waals surface area contributed by atoms with E-state index in [-0.39, 0.29) is 24.1 Å². The molecule has 0 bridgehead atoms. The van der Waals surface area contributed by atoms with Gasteiger partial charge < -0.3 is 20.1 Å². The molecule has 2 rings (SSSR count). The van der Waals surface area contributed by atoms with E-state index in [2.05, 4.69) is 10.6 Å². The minimum Gasteiger partial charge on any atom is -0.497 e. The summed E-state index contributed by atoms with van der Waals surface area (Å²) in [5.41, 5.74) is 1.06. The summed E-state index contributed by atoms with van der Waals surface area (Å²) in [6, 6.07) is 7.52. The van der Waals surface area contributed by atoms with Crippen molar-refractivity contribution in [3.05, 3.63) is 29.8 Å². The Labute approximate surface area is 119 Å². The summed E-state index contributed by atoms with van der Waals surface area (Å²) in [5.74, 6) is 0.834. The number of hydrogen-bond acceptors (Lipinski definition) is 4. The van der Waals surface area contributed by atoms with Gasteiger partial charge in [0, 0.05) is 13.7 Å². The Hall–Kier alpha value is -1.59. The van der Waals surface area contributed by atoms with Gasteiger partial charge in [0.15, 0.2) is 0 Å². The summed E-state index contributed by atoms with van der Waals surface area (Å²) in [7, 11) is 3.31. The fourth-order valence-electron chi connectivity index (χ4n) is 2.37. The summed E-state index contributed by atoms with van der Waals surface area (Å²) < 4.78 is 10.4. The molecule has 1 aliphatic heterocycles. The quantitative estimate of drug-likeness (QED) is 0.851. The first-order valence-electron chi connectivity index (χ1n) is 6.84. The summed E-state index contributed by atoms with van der Waals surface area (Å²) in [4.78, 5) is 12.2. The molecule has 1 aromatic rings. The molecule has 2 N–H and O–H groups in total. The minimum absolute atomic E-state index is 0.0212. The van der Waals surface area contributed by atoms with Crippen LogP contribution in [0.4, 0.5) is 0 Å². The first-order chi connectivity index (χ1) is 9.63. The second-order valence-corrected chi connectivity index (χ2v) is 5.06. The first kappa shape index (κ1) is 14.8. The molecule has 3 atom stereocenters. The largest absolute Gasteiger partial charge is 0.497 e. The van der Waals surface area contributed by atoms with Crippen LogP contribution in [-0.2, 0) is 9.53 Å². The minimum atomic E-state index is -0.166. The molecule has 0 radical (unpaired) electrons. The van der Waals surface area contributed by atoms with Gasteiger partial charge in [-0.25, -0.2) is 0 Å². The van der Waals surface area contributed by atoms with Crippen molar-refractivity contribution in [2.45, 2.75) is 31.5 Å². The first-order valence-corrected chi connectivity index (χ1v) is 6.84. The Morgan fingerprint density at radius 1 is 1.35 bits per heavy atom. The van der Waals surface area contributed by atoms with E-state index in [0.29, 0.717) is 0 Å². The van der Waals surface area contributed by atoms with Crippen molar-refractivity contribution < 1.29 is 14.3 Å². The highest BCUT2D eigenvalue weighted by Crippen LogP contribution is 2.18. The standard InChI is InChI=1S/C15H22N2O3/c1-10(11-4-6-12(19-2)7-5-11)17-15(18)14-8-13(20-3)9-16-14/h4-7,10,13-14,16H,8-9H2,1-3H3,(H,17,18). The van der Waals surface area contributed by atoms with Gasteiger partial charge in [0.2, 0.25) is 5.91 Å². The molecule has 1 aliphatic rings. The van der Waals surface area contributed by atoms with Crippen molar-refractivity contribution in [1.82, 2.24) is 10.6 Å². The van der Waals surface area contributed by atoms with Gasteiger partial charge in [-0.05, 0) is 31.0 Å². The van der Waals surface area contributed by atoms with Gasteiger partial charge in [0.1, 0.15) is 5.75 Å². The Balaban J connectivity index is 1.90. The lowest BCUT2D eigenvalue weighted by Gasteiger charge is -2.18. The number of carbonyl (C=O) groups excluding carboxylic acids is 1. The van der Waals surface area contributed by atoms with E-state index in [9.17, 15) is 4.79 Å². The maximum Gasteiger partial charge on any atom is 0.237 e. The van der Waals surface area contributed by atoms with E-state index in [4.69, 9.17) is 9.47 Å². The lowest BCUT2D eigenvalue weighted by molar-refractivity contribution is -0.123. The van der Waals surface area contributed by atoms with E-state index in [0.717, 1.165) is 24.3 Å². The van der Waals surface area contributed by atoms with E-state index in [1.807, 2.05) is 31.2 Å². The smallest absolute Gasteiger partial charge is 0.237 e. The van der Waals surface area contributed by atoms with E-state index >= 15 is 0 Å². The molecule has 5 heteroatoms. The van der Waals surface area contributed by atoms with Crippen LogP contribution in [0.1, 0.15) is 24.9 Å². The van der Waals surface area contributed by atoms with Crippen LogP contribution in [-0.4, -0.2) is 38.8 Å². The Morgan fingerprint density at radius 2 is 2.05 bits per heavy atom. The maximum absolute atomic E-state index is 12.2. The van der Waals surface area contributed by atoms with Crippen LogP contribution in [0, 0.1) is 0 Å². The number of methoxy groups -OCH3 is 2. The van der Waals surface area contributed by atoms with Gasteiger partial charge in [-0.2, -0.15) is 0 Å². The van der Waals surface area contributed by atoms with Crippen molar-refractivity contribution in [3.8, 4) is 5.75 Å². The van der Waals surface area contributed by atoms with Gasteiger partial charge in [0.25, 0.3) is 0 Å². The molecule has 0 aliphatic carbocycles. The zero-order chi connectivity index (χ0) is 14.5. The van der Waals surface area contributed by atoms with Crippen LogP contribution in [0.2, 0.25) is 0 Å². The van der Waals surface area contributed by atoms with E-state index in [1.54, 1.807) is 14.2 Å². The second-order valence-electron chi connectivity index (χ2n) is 5.06. The SMILES string of the molecule is COc1ccc(C(C)NC(=O)C2CC(OC)CN2)cc1. The van der Waals surface area contributed by atoms with Crippen molar-refractivity contribution in [1.29, 1.82) is 0 Å². The average molecular weight is 278 g/mol. The molecule has 1 aromatic carbocycles. The highest BCUT2D eigenvalue weighted by Gasteiger charge is 2.29. The molecular formula is C15H22N2O3. The van der Waals surface area contributed by atoms with Gasteiger partial charge >= 0.3 is 0 Å². The van der Waals surface area contributed by atoms with Gasteiger partial charge in [-0.15, -0.1) is 0 Å². The molecule has 3 unspecified atom stereocenters. The average Bonchev–Trinajstić information content (AvgIpc) is 2.96. The molecule has 20 heavy (non-hydrogen) atoms. The van der Waals surface area contributed by atoms with Gasteiger partial charge in [0.05, 0.1) is 25.3 Å². The Bertz CT molecular complexity index is 447. The topological polar surface area (TPSA) is 59.6 Å². The summed E-state index contributed by atoms with van der Waals surface area (Å²) in [6.45, 7) is 2.70. The molecule has 0 saturated carbocycles. The van der Waals surface area contributed by atoms with Gasteiger partial charge in [-0.1, -0.05) is 12.1 Å². The number of benzene rings is 1. The van der Waals surface area contributed by atoms with Crippen LogP contribution in [0.15, 0.2) is 24.3 Å². The third kappa shape index (κ3) is 3.49. The molecular weight excluding hydrogens is 256 g/mol. The number of ether oxygens (including phenoxy) is 2. The van der Waals surface area contributed by atoms with Gasteiger partial charge in [-0.3, -0.25) is 4.79 Å². The Morgan fingerprint density at radius 3 is 2.60 bits per heavy atom. The summed E-state index contributed by atoms with van der Waals surface area (Å²) in [5, 5.41) is 6.20. The molecule has 0 spiro atoms. The van der Waals surface area contributed by atoms with Crippen molar-refractivity contribution >= 4 is 5.91 Å². The number of hydrogen-bond donors (Lipinski definition) is 2. The molecule has 0 aromatic heterocycles. The fourth-order valence-corrected chi connectivity index (χ4v) is 2.37. The summed E-state index contributed by atoms with van der Waals surface area (Å²) >= 11 is 0. The second kappa shape index (κ2) is 6.72. The molecule has 5 nitrogen and oxygen atoms in total. The normalized spacial score (nSPS) is 23.4. The molecule has 110 valence electrons. The van der Waals surface area contributed by atoms with Crippen molar-refractivity contribution in [2.24, 2.45) is 0 Å². The molecule has 1 amide bonds. The van der Waals surface area contributed by atoms with Crippen LogP contribution >= 0.6 is 0 Å². The van der Waals surface area contributed by atoms with Crippen LogP contribution in [0.3, 0.4) is 0 Å². The lowest BCUT2D eigenvalue weighted by Crippen LogP contribution is -2.41. The Kier molecular flexibility index (Phi) is 4.98. The monoisotopic (exact) mass is 278 g/mol. The predicted octanol–water partition coefficient (Wildman–Crippen LogP) is 1.25. The van der Waals surface area contributed by atoms with Crippen molar-refractivity contribution in [3.63, 3.8) is 0 Å². The zero-order valence-corrected chi connectivity index (χ0v) is 12.2. The number of carbonyl (C=O) groups is 1. The number of amides is 1. The fraction of sp³-hybridized carbons (Fsp3) is 0.533. The van der Waals surface area contributed by atoms with Crippen LogP contribution in [0.25, 0.3) is 0 Å². The molecule has 1 fully saturated rings. The molecule has 1 saturated heterocycles. The van der Waals surface area contributed by atoms with E-state index in [1.165, 1.54) is 0 Å². The zero-order valence-electron chi connectivity index (χ0n) is 12.2. The summed E-state index contributed by atoms with van der Waals surface area (Å²) in [6.07, 6.45) is 0.847. The van der Waals surface area contributed by atoms with E-state index < -0.39 is 0 Å². The lowest BCUT2D eigenvalue weighted by atomic mass is 10.1. The van der Waals surface area contributed by atoms with Crippen LogP contribution in [0.5, 0.6) is 5.75 Å².